The number of halogens is 3. The van der Waals surface area contributed by atoms with Crippen LogP contribution in [0.2, 0.25) is 0 Å². The van der Waals surface area contributed by atoms with Gasteiger partial charge in [0, 0.05) is 18.6 Å². The van der Waals surface area contributed by atoms with E-state index >= 15 is 0 Å². The average molecular weight is 392 g/mol. The zero-order valence-electron chi connectivity index (χ0n) is 14.4. The molecule has 1 fully saturated rings. The van der Waals surface area contributed by atoms with Crippen LogP contribution in [0.4, 0.5) is 18.9 Å². The molecule has 1 saturated heterocycles. The molecule has 7 nitrogen and oxygen atoms in total. The Morgan fingerprint density at radius 2 is 2.04 bits per heavy atom. The van der Waals surface area contributed by atoms with Gasteiger partial charge in [0.25, 0.3) is 6.41 Å². The van der Waals surface area contributed by atoms with Crippen molar-refractivity contribution in [3.05, 3.63) is 41.9 Å². The van der Waals surface area contributed by atoms with E-state index in [1.54, 1.807) is 22.8 Å². The Balaban J connectivity index is 1.72. The number of anilines is 1. The molecule has 28 heavy (non-hydrogen) atoms. The predicted molar refractivity (Wildman–Crippen MR) is 92.3 cm³/mol. The van der Waals surface area contributed by atoms with E-state index in [4.69, 9.17) is 9.47 Å². The number of nitrogens with zero attached hydrogens (tertiary/aromatic N) is 3. The maximum Gasteiger partial charge on any atom is 0.433 e. The Kier molecular flexibility index (Phi) is 3.75. The Labute approximate surface area is 156 Å². The highest BCUT2D eigenvalue weighted by atomic mass is 19.4. The van der Waals surface area contributed by atoms with Gasteiger partial charge in [0.1, 0.15) is 22.8 Å². The van der Waals surface area contributed by atoms with Gasteiger partial charge < -0.3 is 19.9 Å². The summed E-state index contributed by atoms with van der Waals surface area (Å²) in [4.78, 5) is 8.40. The SMILES string of the molecule is OC1Nc2ccc(-n3c(C4CCOC4)nc4ccc(C(F)(F)F)nc43)cc2O1. The first-order chi connectivity index (χ1) is 13.4. The molecule has 0 aliphatic carbocycles. The number of imidazole rings is 1. The van der Waals surface area contributed by atoms with E-state index in [-0.39, 0.29) is 11.6 Å². The van der Waals surface area contributed by atoms with Crippen LogP contribution in [-0.4, -0.2) is 39.3 Å². The number of aromatic nitrogens is 3. The van der Waals surface area contributed by atoms with E-state index in [0.29, 0.717) is 41.7 Å². The number of aliphatic hydroxyl groups excluding tert-OH is 1. The fraction of sp³-hybridized carbons (Fsp3) is 0.333. The Morgan fingerprint density at radius 1 is 1.18 bits per heavy atom. The molecule has 2 aliphatic heterocycles. The number of nitrogens with one attached hydrogen (secondary N) is 1. The van der Waals surface area contributed by atoms with Crippen molar-refractivity contribution in [2.75, 3.05) is 18.5 Å². The molecule has 3 aromatic rings. The second kappa shape index (κ2) is 6.08. The van der Waals surface area contributed by atoms with Crippen molar-refractivity contribution < 1.29 is 27.8 Å². The first kappa shape index (κ1) is 17.3. The van der Waals surface area contributed by atoms with E-state index in [1.807, 2.05) is 0 Å². The molecule has 0 saturated carbocycles. The Bertz CT molecular complexity index is 1060. The molecule has 4 heterocycles. The first-order valence-electron chi connectivity index (χ1n) is 8.70. The summed E-state index contributed by atoms with van der Waals surface area (Å²) in [5.74, 6) is 0.930. The highest BCUT2D eigenvalue weighted by molar-refractivity contribution is 5.76. The van der Waals surface area contributed by atoms with Gasteiger partial charge >= 0.3 is 6.18 Å². The van der Waals surface area contributed by atoms with Crippen molar-refractivity contribution in [2.45, 2.75) is 24.9 Å². The summed E-state index contributed by atoms with van der Waals surface area (Å²) in [6.45, 7) is 1.01. The number of rotatable bonds is 2. The maximum absolute atomic E-state index is 13.2. The van der Waals surface area contributed by atoms with Crippen molar-refractivity contribution in [2.24, 2.45) is 0 Å². The average Bonchev–Trinajstić information content (AvgIpc) is 3.36. The molecular formula is C18H15F3N4O3. The summed E-state index contributed by atoms with van der Waals surface area (Å²) < 4.78 is 52.0. The number of hydrogen-bond donors (Lipinski definition) is 2. The number of alkyl halides is 3. The number of aliphatic hydroxyl groups is 1. The quantitative estimate of drug-likeness (QED) is 0.698. The number of pyridine rings is 1. The van der Waals surface area contributed by atoms with Crippen LogP contribution in [0.15, 0.2) is 30.3 Å². The Morgan fingerprint density at radius 3 is 2.79 bits per heavy atom. The van der Waals surface area contributed by atoms with Gasteiger partial charge in [0.15, 0.2) is 5.65 Å². The van der Waals surface area contributed by atoms with Gasteiger partial charge in [-0.05, 0) is 30.7 Å². The Hall–Kier alpha value is -2.85. The van der Waals surface area contributed by atoms with E-state index in [9.17, 15) is 18.3 Å². The molecule has 10 heteroatoms. The molecule has 1 aromatic carbocycles. The zero-order valence-corrected chi connectivity index (χ0v) is 14.4. The molecule has 5 rings (SSSR count). The molecule has 2 aliphatic rings. The fourth-order valence-electron chi connectivity index (χ4n) is 3.55. The van der Waals surface area contributed by atoms with E-state index in [0.717, 1.165) is 12.5 Å². The third-order valence-electron chi connectivity index (χ3n) is 4.86. The van der Waals surface area contributed by atoms with E-state index in [2.05, 4.69) is 15.3 Å². The van der Waals surface area contributed by atoms with Gasteiger partial charge in [-0.15, -0.1) is 0 Å². The molecule has 2 atom stereocenters. The molecule has 0 amide bonds. The molecule has 2 aromatic heterocycles. The van der Waals surface area contributed by atoms with Crippen LogP contribution < -0.4 is 10.1 Å². The molecule has 0 bridgehead atoms. The second-order valence-corrected chi connectivity index (χ2v) is 6.70. The van der Waals surface area contributed by atoms with Crippen molar-refractivity contribution >= 4 is 16.9 Å². The molecular weight excluding hydrogens is 377 g/mol. The third-order valence-corrected chi connectivity index (χ3v) is 4.86. The maximum atomic E-state index is 13.2. The van der Waals surface area contributed by atoms with Crippen LogP contribution in [0.1, 0.15) is 23.9 Å². The van der Waals surface area contributed by atoms with Gasteiger partial charge in [0.05, 0.1) is 18.0 Å². The van der Waals surface area contributed by atoms with E-state index < -0.39 is 18.3 Å². The fourth-order valence-corrected chi connectivity index (χ4v) is 3.55. The third kappa shape index (κ3) is 2.76. The van der Waals surface area contributed by atoms with Gasteiger partial charge in [0.2, 0.25) is 0 Å². The molecule has 146 valence electrons. The van der Waals surface area contributed by atoms with Gasteiger partial charge in [-0.25, -0.2) is 9.97 Å². The summed E-state index contributed by atoms with van der Waals surface area (Å²) in [5, 5.41) is 12.3. The van der Waals surface area contributed by atoms with Crippen LogP contribution in [0.5, 0.6) is 5.75 Å². The highest BCUT2D eigenvalue weighted by Gasteiger charge is 2.34. The number of fused-ring (bicyclic) bond motifs is 2. The van der Waals surface area contributed by atoms with Crippen LogP contribution in [0.25, 0.3) is 16.9 Å². The van der Waals surface area contributed by atoms with Gasteiger partial charge in [-0.1, -0.05) is 0 Å². The summed E-state index contributed by atoms with van der Waals surface area (Å²) in [6, 6.07) is 7.31. The van der Waals surface area contributed by atoms with Crippen molar-refractivity contribution in [1.29, 1.82) is 0 Å². The lowest BCUT2D eigenvalue weighted by atomic mass is 10.1. The lowest BCUT2D eigenvalue weighted by molar-refractivity contribution is -0.141. The second-order valence-electron chi connectivity index (χ2n) is 6.70. The lowest BCUT2D eigenvalue weighted by Gasteiger charge is -2.13. The van der Waals surface area contributed by atoms with Crippen LogP contribution in [-0.2, 0) is 10.9 Å². The predicted octanol–water partition coefficient (Wildman–Crippen LogP) is 3.02. The smallest absolute Gasteiger partial charge is 0.433 e. The minimum Gasteiger partial charge on any atom is -0.445 e. The van der Waals surface area contributed by atoms with Crippen LogP contribution >= 0.6 is 0 Å². The summed E-state index contributed by atoms with van der Waals surface area (Å²) in [7, 11) is 0. The molecule has 0 radical (unpaired) electrons. The lowest BCUT2D eigenvalue weighted by Crippen LogP contribution is -2.17. The minimum atomic E-state index is -4.56. The molecule has 2 unspecified atom stereocenters. The topological polar surface area (TPSA) is 81.4 Å². The standard InChI is InChI=1S/C18H15F3N4O3/c19-18(20,21)14-4-3-12-16(24-14)25(15(22-12)9-5-6-27-8-9)10-1-2-11-13(7-10)28-17(26)23-11/h1-4,7,9,17,23,26H,5-6,8H2. The highest BCUT2D eigenvalue weighted by Crippen LogP contribution is 2.37. The van der Waals surface area contributed by atoms with Crippen LogP contribution in [0.3, 0.4) is 0 Å². The summed E-state index contributed by atoms with van der Waals surface area (Å²) in [6.07, 6.45) is -5.01. The zero-order chi connectivity index (χ0) is 19.5. The largest absolute Gasteiger partial charge is 0.445 e. The monoisotopic (exact) mass is 392 g/mol. The number of hydrogen-bond acceptors (Lipinski definition) is 6. The first-order valence-corrected chi connectivity index (χ1v) is 8.70. The number of benzene rings is 1. The minimum absolute atomic E-state index is 0.0542. The van der Waals surface area contributed by atoms with E-state index in [1.165, 1.54) is 6.07 Å². The van der Waals surface area contributed by atoms with Crippen molar-refractivity contribution in [1.82, 2.24) is 14.5 Å². The van der Waals surface area contributed by atoms with Crippen molar-refractivity contribution in [3.8, 4) is 11.4 Å². The molecule has 2 N–H and O–H groups in total. The van der Waals surface area contributed by atoms with Crippen LogP contribution in [0, 0.1) is 0 Å². The number of ether oxygens (including phenoxy) is 2. The van der Waals surface area contributed by atoms with Gasteiger partial charge in [-0.2, -0.15) is 13.2 Å². The normalized spacial score (nSPS) is 21.6. The summed E-state index contributed by atoms with van der Waals surface area (Å²) >= 11 is 0. The summed E-state index contributed by atoms with van der Waals surface area (Å²) in [5.41, 5.74) is 0.642. The van der Waals surface area contributed by atoms with Gasteiger partial charge in [-0.3, -0.25) is 4.57 Å². The molecule has 0 spiro atoms. The van der Waals surface area contributed by atoms with Crippen molar-refractivity contribution in [3.63, 3.8) is 0 Å².